The van der Waals surface area contributed by atoms with Crippen molar-refractivity contribution in [1.29, 1.82) is 5.26 Å². The summed E-state index contributed by atoms with van der Waals surface area (Å²) in [6, 6.07) is 5.95. The smallest absolute Gasteiger partial charge is 0.414 e. The highest BCUT2D eigenvalue weighted by Crippen LogP contribution is 2.40. The van der Waals surface area contributed by atoms with Crippen molar-refractivity contribution in [3.8, 4) is 23.4 Å². The second-order valence-electron chi connectivity index (χ2n) is 7.08. The van der Waals surface area contributed by atoms with Crippen LogP contribution in [0.5, 0.6) is 17.4 Å². The average Bonchev–Trinajstić information content (AvgIpc) is 3.27. The molecule has 0 saturated carbocycles. The lowest BCUT2D eigenvalue weighted by molar-refractivity contribution is -0.117. The number of carbonyl (C=O) groups excluding carboxylic acids is 3. The van der Waals surface area contributed by atoms with Gasteiger partial charge in [-0.2, -0.15) is 10.4 Å². The van der Waals surface area contributed by atoms with Crippen LogP contribution in [0.1, 0.15) is 19.8 Å². The van der Waals surface area contributed by atoms with Crippen molar-refractivity contribution in [1.82, 2.24) is 10.3 Å². The van der Waals surface area contributed by atoms with E-state index >= 15 is 0 Å². The molecular weight excluding hydrogens is 515 g/mol. The van der Waals surface area contributed by atoms with Crippen LogP contribution in [0.4, 0.5) is 16.2 Å². The Balaban J connectivity index is 1.78. The van der Waals surface area contributed by atoms with Crippen LogP contribution in [0.15, 0.2) is 29.5 Å². The lowest BCUT2D eigenvalue weighted by Gasteiger charge is -2.19. The summed E-state index contributed by atoms with van der Waals surface area (Å²) in [5.41, 5.74) is 2.53. The number of imide groups is 1. The van der Waals surface area contributed by atoms with Crippen LogP contribution < -0.4 is 25.1 Å². The van der Waals surface area contributed by atoms with Crippen LogP contribution in [0.25, 0.3) is 0 Å². The highest BCUT2D eigenvalue weighted by Gasteiger charge is 2.26. The molecule has 0 aliphatic carbocycles. The summed E-state index contributed by atoms with van der Waals surface area (Å²) in [5.74, 6) is -0.478. The molecule has 0 unspecified atom stereocenters. The molecular formula is C22H20Cl2N6O6. The predicted molar refractivity (Wildman–Crippen MR) is 131 cm³/mol. The van der Waals surface area contributed by atoms with Crippen LogP contribution in [0.2, 0.25) is 10.0 Å². The summed E-state index contributed by atoms with van der Waals surface area (Å²) in [6.07, 6.45) is 1.54. The number of nitrogens with one attached hydrogen (secondary N) is 2. The minimum absolute atomic E-state index is 0.0477. The Hall–Kier alpha value is -4.08. The zero-order valence-corrected chi connectivity index (χ0v) is 20.6. The molecule has 1 aliphatic heterocycles. The molecule has 0 radical (unpaired) electrons. The molecule has 3 rings (SSSR count). The maximum Gasteiger partial charge on any atom is 0.414 e. The van der Waals surface area contributed by atoms with Crippen molar-refractivity contribution in [2.45, 2.75) is 19.8 Å². The van der Waals surface area contributed by atoms with Crippen molar-refractivity contribution < 1.29 is 28.6 Å². The number of pyridine rings is 1. The predicted octanol–water partition coefficient (Wildman–Crippen LogP) is 3.88. The van der Waals surface area contributed by atoms with Gasteiger partial charge in [0.05, 0.1) is 35.6 Å². The van der Waals surface area contributed by atoms with Crippen LogP contribution in [-0.2, 0) is 14.3 Å². The summed E-state index contributed by atoms with van der Waals surface area (Å²) >= 11 is 12.7. The summed E-state index contributed by atoms with van der Waals surface area (Å²) in [5, 5.41) is 14.8. The van der Waals surface area contributed by atoms with Gasteiger partial charge < -0.3 is 19.1 Å². The number of hydrazone groups is 1. The number of anilines is 2. The number of carbonyl (C=O) groups is 3. The van der Waals surface area contributed by atoms with Crippen LogP contribution >= 0.6 is 23.2 Å². The fourth-order valence-corrected chi connectivity index (χ4v) is 3.70. The molecule has 0 spiro atoms. The van der Waals surface area contributed by atoms with Gasteiger partial charge in [-0.25, -0.2) is 9.78 Å². The monoisotopic (exact) mass is 534 g/mol. The van der Waals surface area contributed by atoms with Crippen molar-refractivity contribution in [2.24, 2.45) is 5.10 Å². The van der Waals surface area contributed by atoms with Crippen molar-refractivity contribution in [3.63, 3.8) is 0 Å². The molecule has 14 heteroatoms. The van der Waals surface area contributed by atoms with E-state index in [0.717, 1.165) is 6.42 Å². The Labute approximate surface area is 215 Å². The van der Waals surface area contributed by atoms with E-state index in [1.807, 2.05) is 5.32 Å². The lowest BCUT2D eigenvalue weighted by Crippen LogP contribution is -2.36. The number of aromatic nitrogens is 1. The van der Waals surface area contributed by atoms with Crippen molar-refractivity contribution in [3.05, 3.63) is 34.4 Å². The maximum absolute atomic E-state index is 12.2. The molecule has 1 aromatic carbocycles. The molecule has 188 valence electrons. The Kier molecular flexibility index (Phi) is 8.88. The van der Waals surface area contributed by atoms with E-state index in [1.165, 1.54) is 25.4 Å². The molecule has 3 amide bonds. The van der Waals surface area contributed by atoms with Crippen molar-refractivity contribution in [2.75, 3.05) is 30.6 Å². The van der Waals surface area contributed by atoms with Gasteiger partial charge in [-0.3, -0.25) is 20.3 Å². The van der Waals surface area contributed by atoms with Crippen LogP contribution in [-0.4, -0.2) is 48.9 Å². The van der Waals surface area contributed by atoms with Gasteiger partial charge in [0.15, 0.2) is 5.75 Å². The number of methoxy groups -OCH3 is 1. The highest BCUT2D eigenvalue weighted by molar-refractivity contribution is 6.47. The Bertz CT molecular complexity index is 1240. The van der Waals surface area contributed by atoms with Gasteiger partial charge in [0.1, 0.15) is 17.5 Å². The number of halogens is 2. The lowest BCUT2D eigenvalue weighted by atomic mass is 10.3. The van der Waals surface area contributed by atoms with E-state index < -0.39 is 17.7 Å². The second-order valence-corrected chi connectivity index (χ2v) is 7.89. The first-order valence-corrected chi connectivity index (χ1v) is 11.3. The van der Waals surface area contributed by atoms with E-state index in [1.54, 1.807) is 24.0 Å². The van der Waals surface area contributed by atoms with Gasteiger partial charge in [-0.1, -0.05) is 23.2 Å². The largest absolute Gasteiger partial charge is 0.480 e. The van der Waals surface area contributed by atoms with Gasteiger partial charge in [-0.15, -0.1) is 0 Å². The molecule has 0 atom stereocenters. The first kappa shape index (κ1) is 26.5. The topological polar surface area (TPSA) is 155 Å². The van der Waals surface area contributed by atoms with Gasteiger partial charge in [-0.05, 0) is 25.5 Å². The average molecular weight is 535 g/mol. The maximum atomic E-state index is 12.2. The van der Waals surface area contributed by atoms with E-state index in [4.69, 9.17) is 37.9 Å². The third-order valence-corrected chi connectivity index (χ3v) is 5.25. The number of hydrogen-bond acceptors (Lipinski definition) is 10. The minimum Gasteiger partial charge on any atom is -0.480 e. The molecule has 2 heterocycles. The third kappa shape index (κ3) is 6.32. The molecule has 1 saturated heterocycles. The van der Waals surface area contributed by atoms with E-state index in [0.29, 0.717) is 18.7 Å². The summed E-state index contributed by atoms with van der Waals surface area (Å²) < 4.78 is 15.7. The number of alkyl carbamates (subject to hydrolysis) is 1. The molecule has 2 aromatic rings. The standard InChI is InChI=1S/C22H20Cl2N6O6/c1-3-35-22(33)27-20(32)16(10-25)29-28-12-7-14(23)19(15(24)8-12)36-13-9-17(21(34-2)26-11-13)30-6-4-5-18(30)31/h7-9,11,28H,3-6H2,1-2H3,(H,27,32,33). The summed E-state index contributed by atoms with van der Waals surface area (Å²) in [7, 11) is 1.45. The van der Waals surface area contributed by atoms with Gasteiger partial charge in [0.2, 0.25) is 17.5 Å². The second kappa shape index (κ2) is 12.1. The number of amides is 3. The zero-order chi connectivity index (χ0) is 26.2. The number of nitrogens with zero attached hydrogens (tertiary/aromatic N) is 4. The van der Waals surface area contributed by atoms with E-state index in [2.05, 4.69) is 20.2 Å². The minimum atomic E-state index is -1.06. The molecule has 12 nitrogen and oxygen atoms in total. The first-order valence-electron chi connectivity index (χ1n) is 10.5. The Morgan fingerprint density at radius 1 is 1.28 bits per heavy atom. The number of rotatable bonds is 8. The number of benzene rings is 1. The number of hydrogen-bond donors (Lipinski definition) is 2. The number of ether oxygens (including phenoxy) is 3. The normalized spacial score (nSPS) is 13.1. The fraction of sp³-hybridized carbons (Fsp3) is 0.273. The van der Waals surface area contributed by atoms with Gasteiger partial charge in [0, 0.05) is 19.0 Å². The summed E-state index contributed by atoms with van der Waals surface area (Å²) in [6.45, 7) is 2.14. The molecule has 0 bridgehead atoms. The third-order valence-electron chi connectivity index (χ3n) is 4.69. The highest BCUT2D eigenvalue weighted by atomic mass is 35.5. The Morgan fingerprint density at radius 3 is 2.58 bits per heavy atom. The molecule has 1 fully saturated rings. The first-order chi connectivity index (χ1) is 17.3. The molecule has 2 N–H and O–H groups in total. The van der Waals surface area contributed by atoms with Gasteiger partial charge >= 0.3 is 6.09 Å². The zero-order valence-electron chi connectivity index (χ0n) is 19.1. The molecule has 1 aliphatic rings. The fourth-order valence-electron chi connectivity index (χ4n) is 3.14. The van der Waals surface area contributed by atoms with Crippen LogP contribution in [0, 0.1) is 11.3 Å². The van der Waals surface area contributed by atoms with Gasteiger partial charge in [0.25, 0.3) is 5.91 Å². The SMILES string of the molecule is CCOC(=O)NC(=O)C(C#N)=NNc1cc(Cl)c(Oc2cnc(OC)c(N3CCCC3=O)c2)c(Cl)c1. The van der Waals surface area contributed by atoms with Crippen molar-refractivity contribution >= 4 is 58.2 Å². The summed E-state index contributed by atoms with van der Waals surface area (Å²) in [4.78, 5) is 41.2. The van der Waals surface area contributed by atoms with Crippen LogP contribution in [0.3, 0.4) is 0 Å². The molecule has 36 heavy (non-hydrogen) atoms. The quantitative estimate of drug-likeness (QED) is 0.378. The van der Waals surface area contributed by atoms with E-state index in [9.17, 15) is 14.4 Å². The molecule has 1 aromatic heterocycles. The Morgan fingerprint density at radius 2 is 2.00 bits per heavy atom. The van der Waals surface area contributed by atoms with E-state index in [-0.39, 0.29) is 45.6 Å². The number of nitriles is 1.